The third-order valence-electron chi connectivity index (χ3n) is 7.26. The van der Waals surface area contributed by atoms with Crippen molar-refractivity contribution in [3.05, 3.63) is 35.1 Å². The van der Waals surface area contributed by atoms with E-state index in [-0.39, 0.29) is 12.5 Å². The van der Waals surface area contributed by atoms with Crippen molar-refractivity contribution in [2.45, 2.75) is 81.0 Å². The zero-order valence-electron chi connectivity index (χ0n) is 23.4. The molecule has 2 fully saturated rings. The van der Waals surface area contributed by atoms with Crippen LogP contribution in [0.15, 0.2) is 34.3 Å². The average molecular weight is 592 g/mol. The van der Waals surface area contributed by atoms with E-state index >= 15 is 0 Å². The molecule has 1 aromatic heterocycles. The SMILES string of the molecule is CC1(NC(=O)OC(C)(C)C)CCN(c2ncc(Sc3cccc(N4CCC(C(=O)O)CC4)c3Cl)nc2CO)CC1. The molecule has 12 heteroatoms. The fourth-order valence-electron chi connectivity index (χ4n) is 5.01. The highest BCUT2D eigenvalue weighted by Gasteiger charge is 2.34. The summed E-state index contributed by atoms with van der Waals surface area (Å²) in [5.41, 5.74) is 0.402. The molecule has 2 aromatic rings. The first-order valence-corrected chi connectivity index (χ1v) is 14.7. The minimum Gasteiger partial charge on any atom is -0.481 e. The lowest BCUT2D eigenvalue weighted by Gasteiger charge is -2.40. The lowest BCUT2D eigenvalue weighted by atomic mass is 9.89. The van der Waals surface area contributed by atoms with Crippen molar-refractivity contribution in [1.82, 2.24) is 15.3 Å². The molecule has 10 nitrogen and oxygen atoms in total. The summed E-state index contributed by atoms with van der Waals surface area (Å²) in [5, 5.41) is 23.6. The zero-order chi connectivity index (χ0) is 29.1. The van der Waals surface area contributed by atoms with E-state index in [1.807, 2.05) is 45.9 Å². The number of amides is 1. The number of carbonyl (C=O) groups is 2. The van der Waals surface area contributed by atoms with Crippen LogP contribution in [0.5, 0.6) is 0 Å². The standard InChI is InChI=1S/C28H38ClN5O5S/c1-27(2,3)39-26(38)32-28(4)10-14-34(15-11-28)24-19(17-35)31-22(16-30-24)40-21-7-5-6-20(23(21)29)33-12-8-18(9-13-33)25(36)37/h5-7,16,18,35H,8-15,17H2,1-4H3,(H,32,38)(H,36,37). The first-order valence-electron chi connectivity index (χ1n) is 13.5. The number of ether oxygens (including phenoxy) is 1. The lowest BCUT2D eigenvalue weighted by molar-refractivity contribution is -0.142. The van der Waals surface area contributed by atoms with Gasteiger partial charge in [0.05, 0.1) is 29.4 Å². The molecule has 0 aliphatic carbocycles. The summed E-state index contributed by atoms with van der Waals surface area (Å²) in [4.78, 5) is 38.0. The molecular formula is C28H38ClN5O5S. The van der Waals surface area contributed by atoms with E-state index < -0.39 is 23.2 Å². The van der Waals surface area contributed by atoms with E-state index in [4.69, 9.17) is 16.3 Å². The summed E-state index contributed by atoms with van der Waals surface area (Å²) in [6.45, 7) is 9.83. The number of benzene rings is 1. The van der Waals surface area contributed by atoms with Crippen LogP contribution >= 0.6 is 23.4 Å². The van der Waals surface area contributed by atoms with Crippen LogP contribution in [0.25, 0.3) is 0 Å². The fraction of sp³-hybridized carbons (Fsp3) is 0.571. The summed E-state index contributed by atoms with van der Waals surface area (Å²) >= 11 is 8.17. The number of aromatic nitrogens is 2. The van der Waals surface area contributed by atoms with Crippen LogP contribution in [0.1, 0.15) is 59.1 Å². The number of aliphatic carboxylic acids is 1. The predicted molar refractivity (Wildman–Crippen MR) is 155 cm³/mol. The number of carboxylic acid groups (broad SMARTS) is 1. The Morgan fingerprint density at radius 3 is 2.45 bits per heavy atom. The number of piperidine rings is 2. The molecule has 1 aromatic carbocycles. The predicted octanol–water partition coefficient (Wildman–Crippen LogP) is 4.96. The van der Waals surface area contributed by atoms with Gasteiger partial charge in [-0.2, -0.15) is 0 Å². The van der Waals surface area contributed by atoms with Crippen LogP contribution in [0, 0.1) is 5.92 Å². The lowest BCUT2D eigenvalue weighted by Crippen LogP contribution is -2.54. The van der Waals surface area contributed by atoms with Crippen molar-refractivity contribution >= 4 is 46.9 Å². The van der Waals surface area contributed by atoms with Crippen LogP contribution in [0.3, 0.4) is 0 Å². The van der Waals surface area contributed by atoms with Gasteiger partial charge in [0.1, 0.15) is 16.3 Å². The highest BCUT2D eigenvalue weighted by Crippen LogP contribution is 2.40. The molecule has 2 aliphatic rings. The number of halogens is 1. The van der Waals surface area contributed by atoms with Gasteiger partial charge in [-0.3, -0.25) is 4.79 Å². The van der Waals surface area contributed by atoms with Crippen LogP contribution < -0.4 is 15.1 Å². The van der Waals surface area contributed by atoms with E-state index in [1.54, 1.807) is 6.20 Å². The molecule has 4 rings (SSSR count). The molecule has 3 N–H and O–H groups in total. The van der Waals surface area contributed by atoms with Gasteiger partial charge in [-0.25, -0.2) is 14.8 Å². The Labute approximate surface area is 244 Å². The second kappa shape index (κ2) is 12.4. The quantitative estimate of drug-likeness (QED) is 0.406. The number of alkyl carbamates (subject to hydrolysis) is 1. The van der Waals surface area contributed by atoms with Gasteiger partial charge in [-0.15, -0.1) is 0 Å². The van der Waals surface area contributed by atoms with Gasteiger partial charge >= 0.3 is 12.1 Å². The summed E-state index contributed by atoms with van der Waals surface area (Å²) in [5.74, 6) is -0.423. The molecule has 0 atom stereocenters. The maximum Gasteiger partial charge on any atom is 0.408 e. The van der Waals surface area contributed by atoms with E-state index in [0.717, 1.165) is 10.6 Å². The molecule has 2 aliphatic heterocycles. The number of aliphatic hydroxyl groups excluding tert-OH is 1. The maximum absolute atomic E-state index is 12.3. The molecule has 3 heterocycles. The normalized spacial score (nSPS) is 17.9. The number of carboxylic acids is 1. The number of rotatable bonds is 7. The first kappa shape index (κ1) is 30.2. The molecule has 40 heavy (non-hydrogen) atoms. The topological polar surface area (TPSA) is 128 Å². The number of anilines is 2. The maximum atomic E-state index is 12.3. The second-order valence-corrected chi connectivity index (χ2v) is 13.0. The van der Waals surface area contributed by atoms with Crippen molar-refractivity contribution in [2.75, 3.05) is 36.0 Å². The van der Waals surface area contributed by atoms with E-state index in [1.165, 1.54) is 11.8 Å². The largest absolute Gasteiger partial charge is 0.481 e. The minimum absolute atomic E-state index is 0.257. The van der Waals surface area contributed by atoms with Gasteiger partial charge in [-0.1, -0.05) is 29.4 Å². The van der Waals surface area contributed by atoms with E-state index in [2.05, 4.69) is 25.1 Å². The van der Waals surface area contributed by atoms with Gasteiger partial charge in [0.25, 0.3) is 0 Å². The fourth-order valence-corrected chi connectivity index (χ4v) is 6.20. The van der Waals surface area contributed by atoms with Crippen LogP contribution in [-0.4, -0.2) is 69.6 Å². The van der Waals surface area contributed by atoms with Crippen molar-refractivity contribution in [3.63, 3.8) is 0 Å². The van der Waals surface area contributed by atoms with Crippen LogP contribution in [0.4, 0.5) is 16.3 Å². The van der Waals surface area contributed by atoms with Gasteiger partial charge < -0.3 is 30.1 Å². The monoisotopic (exact) mass is 591 g/mol. The van der Waals surface area contributed by atoms with Gasteiger partial charge in [0, 0.05) is 36.6 Å². The molecule has 0 spiro atoms. The number of hydrogen-bond acceptors (Lipinski definition) is 9. The molecule has 1 amide bonds. The minimum atomic E-state index is -0.743. The number of carbonyl (C=O) groups excluding carboxylic acids is 1. The number of nitrogens with one attached hydrogen (secondary N) is 1. The summed E-state index contributed by atoms with van der Waals surface area (Å²) in [6.07, 6.45) is 3.83. The Balaban J connectivity index is 1.41. The molecule has 2 saturated heterocycles. The Morgan fingerprint density at radius 1 is 1.18 bits per heavy atom. The second-order valence-electron chi connectivity index (χ2n) is 11.6. The molecule has 218 valence electrons. The number of nitrogens with zero attached hydrogens (tertiary/aromatic N) is 4. The molecule has 0 radical (unpaired) electrons. The third-order valence-corrected chi connectivity index (χ3v) is 8.74. The van der Waals surface area contributed by atoms with E-state index in [0.29, 0.717) is 73.4 Å². The van der Waals surface area contributed by atoms with Crippen molar-refractivity contribution in [1.29, 1.82) is 0 Å². The Kier molecular flexibility index (Phi) is 9.36. The summed E-state index contributed by atoms with van der Waals surface area (Å²) in [7, 11) is 0. The number of hydrogen-bond donors (Lipinski definition) is 3. The molecule has 0 saturated carbocycles. The highest BCUT2D eigenvalue weighted by atomic mass is 35.5. The summed E-state index contributed by atoms with van der Waals surface area (Å²) in [6, 6.07) is 5.79. The van der Waals surface area contributed by atoms with Crippen molar-refractivity contribution in [2.24, 2.45) is 5.92 Å². The smallest absolute Gasteiger partial charge is 0.408 e. The molecular weight excluding hydrogens is 554 g/mol. The average Bonchev–Trinajstić information content (AvgIpc) is 2.89. The van der Waals surface area contributed by atoms with Crippen molar-refractivity contribution < 1.29 is 24.5 Å². The summed E-state index contributed by atoms with van der Waals surface area (Å²) < 4.78 is 5.42. The van der Waals surface area contributed by atoms with Crippen LogP contribution in [0.2, 0.25) is 5.02 Å². The zero-order valence-corrected chi connectivity index (χ0v) is 25.0. The van der Waals surface area contributed by atoms with Crippen molar-refractivity contribution in [3.8, 4) is 0 Å². The van der Waals surface area contributed by atoms with Gasteiger partial charge in [0.2, 0.25) is 0 Å². The third kappa shape index (κ3) is 7.50. The Bertz CT molecular complexity index is 1220. The Hall–Kier alpha value is -2.76. The van der Waals surface area contributed by atoms with E-state index in [9.17, 15) is 19.8 Å². The molecule has 0 unspecified atom stereocenters. The van der Waals surface area contributed by atoms with Gasteiger partial charge in [0.15, 0.2) is 5.82 Å². The molecule has 0 bridgehead atoms. The van der Waals surface area contributed by atoms with Gasteiger partial charge in [-0.05, 0) is 65.5 Å². The highest BCUT2D eigenvalue weighted by molar-refractivity contribution is 7.99. The first-order chi connectivity index (χ1) is 18.9. The Morgan fingerprint density at radius 2 is 1.85 bits per heavy atom. The van der Waals surface area contributed by atoms with Crippen LogP contribution in [-0.2, 0) is 16.1 Å². The number of aliphatic hydroxyl groups is 1.